The number of guanidine groups is 1. The molecule has 1 aliphatic rings. The number of benzene rings is 1. The molecule has 0 aliphatic carbocycles. The molecule has 1 fully saturated rings. The van der Waals surface area contributed by atoms with Crippen LogP contribution in [0.4, 0.5) is 0 Å². The van der Waals surface area contributed by atoms with Gasteiger partial charge in [-0.1, -0.05) is 12.1 Å². The van der Waals surface area contributed by atoms with Crippen LogP contribution in [0.1, 0.15) is 18.9 Å². The monoisotopic (exact) mass is 368 g/mol. The highest BCUT2D eigenvalue weighted by atomic mass is 32.2. The van der Waals surface area contributed by atoms with E-state index in [1.54, 1.807) is 24.3 Å². The minimum absolute atomic E-state index is 0.257. The van der Waals surface area contributed by atoms with Gasteiger partial charge in [-0.15, -0.1) is 0 Å². The molecule has 1 saturated heterocycles. The molecule has 1 aromatic rings. The van der Waals surface area contributed by atoms with E-state index in [0.717, 1.165) is 44.2 Å². The zero-order valence-electron chi connectivity index (χ0n) is 15.2. The number of ether oxygens (including phenoxy) is 1. The molecule has 2 rings (SSSR count). The average Bonchev–Trinajstić information content (AvgIpc) is 3.11. The molecular formula is C17H28N4O3S. The molecule has 7 nitrogen and oxygen atoms in total. The van der Waals surface area contributed by atoms with E-state index < -0.39 is 10.0 Å². The Hall–Kier alpha value is -1.64. The number of hydrogen-bond acceptors (Lipinski definition) is 4. The van der Waals surface area contributed by atoms with Crippen molar-refractivity contribution in [1.29, 1.82) is 0 Å². The van der Waals surface area contributed by atoms with Crippen LogP contribution in [0.25, 0.3) is 0 Å². The van der Waals surface area contributed by atoms with Gasteiger partial charge in [0.15, 0.2) is 5.96 Å². The summed E-state index contributed by atoms with van der Waals surface area (Å²) in [6.07, 6.45) is 1.09. The summed E-state index contributed by atoms with van der Waals surface area (Å²) < 4.78 is 31.2. The van der Waals surface area contributed by atoms with E-state index in [1.165, 1.54) is 7.05 Å². The Kier molecular flexibility index (Phi) is 7.22. The van der Waals surface area contributed by atoms with Crippen LogP contribution in [-0.4, -0.2) is 59.7 Å². The fourth-order valence-electron chi connectivity index (χ4n) is 2.73. The topological polar surface area (TPSA) is 83.0 Å². The third kappa shape index (κ3) is 5.69. The van der Waals surface area contributed by atoms with Crippen molar-refractivity contribution < 1.29 is 13.2 Å². The van der Waals surface area contributed by atoms with E-state index in [4.69, 9.17) is 4.74 Å². The lowest BCUT2D eigenvalue weighted by Gasteiger charge is -2.24. The second-order valence-corrected chi connectivity index (χ2v) is 8.02. The quantitative estimate of drug-likeness (QED) is 0.555. The Bertz CT molecular complexity index is 668. The van der Waals surface area contributed by atoms with Gasteiger partial charge in [0.25, 0.3) is 0 Å². The van der Waals surface area contributed by atoms with Crippen molar-refractivity contribution in [3.05, 3.63) is 29.8 Å². The van der Waals surface area contributed by atoms with Crippen LogP contribution in [-0.2, 0) is 21.3 Å². The van der Waals surface area contributed by atoms with Gasteiger partial charge in [0.2, 0.25) is 10.0 Å². The molecule has 1 aliphatic heterocycles. The number of rotatable bonds is 7. The molecule has 0 radical (unpaired) electrons. The van der Waals surface area contributed by atoms with E-state index in [0.29, 0.717) is 12.5 Å². The summed E-state index contributed by atoms with van der Waals surface area (Å²) in [6, 6.07) is 6.79. The third-order valence-electron chi connectivity index (χ3n) is 4.17. The first kappa shape index (κ1) is 19.7. The molecule has 1 atom stereocenters. The highest BCUT2D eigenvalue weighted by Gasteiger charge is 2.19. The standard InChI is InChI=1S/C17H28N4O3S/c1-4-19-17(21(3)12-15-9-10-24-13-15)20-11-14-5-7-16(8-6-14)25(22,23)18-2/h5-8,15,18H,4,9-13H2,1-3H3,(H,19,20). The molecule has 0 saturated carbocycles. The summed E-state index contributed by atoms with van der Waals surface area (Å²) in [5.74, 6) is 1.39. The van der Waals surface area contributed by atoms with E-state index in [9.17, 15) is 8.42 Å². The van der Waals surface area contributed by atoms with Crippen molar-refractivity contribution in [1.82, 2.24) is 14.9 Å². The van der Waals surface area contributed by atoms with Crippen molar-refractivity contribution in [2.24, 2.45) is 10.9 Å². The molecule has 2 N–H and O–H groups in total. The van der Waals surface area contributed by atoms with E-state index in [-0.39, 0.29) is 4.90 Å². The molecule has 140 valence electrons. The molecule has 1 aromatic carbocycles. The molecule has 0 spiro atoms. The molecular weight excluding hydrogens is 340 g/mol. The minimum atomic E-state index is -3.40. The van der Waals surface area contributed by atoms with Crippen LogP contribution in [0.5, 0.6) is 0 Å². The van der Waals surface area contributed by atoms with Crippen LogP contribution in [0.15, 0.2) is 34.2 Å². The van der Waals surface area contributed by atoms with Gasteiger partial charge in [-0.05, 0) is 38.1 Å². The zero-order chi connectivity index (χ0) is 18.3. The molecule has 0 aromatic heterocycles. The van der Waals surface area contributed by atoms with Gasteiger partial charge in [0, 0.05) is 32.7 Å². The van der Waals surface area contributed by atoms with Crippen molar-refractivity contribution in [2.75, 3.05) is 40.4 Å². The van der Waals surface area contributed by atoms with E-state index in [1.807, 2.05) is 14.0 Å². The number of aliphatic imine (C=N–C) groups is 1. The van der Waals surface area contributed by atoms with Crippen LogP contribution >= 0.6 is 0 Å². The van der Waals surface area contributed by atoms with Gasteiger partial charge >= 0.3 is 0 Å². The zero-order valence-corrected chi connectivity index (χ0v) is 16.0. The molecule has 0 bridgehead atoms. The van der Waals surface area contributed by atoms with Crippen molar-refractivity contribution in [3.8, 4) is 0 Å². The summed E-state index contributed by atoms with van der Waals surface area (Å²) in [5, 5.41) is 3.30. The molecule has 1 unspecified atom stereocenters. The Labute approximate surface area is 150 Å². The maximum absolute atomic E-state index is 11.8. The molecule has 0 amide bonds. The minimum Gasteiger partial charge on any atom is -0.381 e. The van der Waals surface area contributed by atoms with Crippen molar-refractivity contribution in [2.45, 2.75) is 24.8 Å². The Morgan fingerprint density at radius 3 is 2.64 bits per heavy atom. The fourth-order valence-corrected chi connectivity index (χ4v) is 3.46. The average molecular weight is 369 g/mol. The number of hydrogen-bond donors (Lipinski definition) is 2. The van der Waals surface area contributed by atoms with Gasteiger partial charge in [0.1, 0.15) is 0 Å². The van der Waals surface area contributed by atoms with Crippen LogP contribution < -0.4 is 10.0 Å². The van der Waals surface area contributed by atoms with Gasteiger partial charge in [-0.25, -0.2) is 18.1 Å². The first-order chi connectivity index (χ1) is 12.0. The number of nitrogens with zero attached hydrogens (tertiary/aromatic N) is 2. The smallest absolute Gasteiger partial charge is 0.240 e. The van der Waals surface area contributed by atoms with Crippen molar-refractivity contribution in [3.63, 3.8) is 0 Å². The first-order valence-corrected chi connectivity index (χ1v) is 10.0. The normalized spacial score (nSPS) is 18.4. The second kappa shape index (κ2) is 9.17. The summed E-state index contributed by atoms with van der Waals surface area (Å²) in [4.78, 5) is 7.05. The summed E-state index contributed by atoms with van der Waals surface area (Å²) in [6.45, 7) is 5.89. The highest BCUT2D eigenvalue weighted by molar-refractivity contribution is 7.89. The van der Waals surface area contributed by atoms with Gasteiger partial charge in [0.05, 0.1) is 18.0 Å². The highest BCUT2D eigenvalue weighted by Crippen LogP contribution is 2.14. The number of nitrogens with one attached hydrogen (secondary N) is 2. The maximum atomic E-state index is 11.8. The molecule has 1 heterocycles. The third-order valence-corrected chi connectivity index (χ3v) is 5.60. The Balaban J connectivity index is 2.02. The van der Waals surface area contributed by atoms with Crippen LogP contribution in [0, 0.1) is 5.92 Å². The predicted octanol–water partition coefficient (Wildman–Crippen LogP) is 1.03. The lowest BCUT2D eigenvalue weighted by molar-refractivity contribution is 0.181. The summed E-state index contributed by atoms with van der Waals surface area (Å²) >= 11 is 0. The lowest BCUT2D eigenvalue weighted by Crippen LogP contribution is -2.41. The molecule has 25 heavy (non-hydrogen) atoms. The molecule has 8 heteroatoms. The van der Waals surface area contributed by atoms with E-state index in [2.05, 4.69) is 19.9 Å². The van der Waals surface area contributed by atoms with Crippen molar-refractivity contribution >= 4 is 16.0 Å². The van der Waals surface area contributed by atoms with Crippen LogP contribution in [0.3, 0.4) is 0 Å². The summed E-state index contributed by atoms with van der Waals surface area (Å²) in [5.41, 5.74) is 0.961. The largest absolute Gasteiger partial charge is 0.381 e. The van der Waals surface area contributed by atoms with Gasteiger partial charge in [-0.3, -0.25) is 0 Å². The second-order valence-electron chi connectivity index (χ2n) is 6.13. The van der Waals surface area contributed by atoms with Crippen LogP contribution in [0.2, 0.25) is 0 Å². The maximum Gasteiger partial charge on any atom is 0.240 e. The van der Waals surface area contributed by atoms with Gasteiger partial charge in [-0.2, -0.15) is 0 Å². The number of sulfonamides is 1. The van der Waals surface area contributed by atoms with E-state index >= 15 is 0 Å². The fraction of sp³-hybridized carbons (Fsp3) is 0.588. The van der Waals surface area contributed by atoms with Gasteiger partial charge < -0.3 is 15.0 Å². The Morgan fingerprint density at radius 1 is 1.36 bits per heavy atom. The summed E-state index contributed by atoms with van der Waals surface area (Å²) in [7, 11) is 0.0344. The first-order valence-electron chi connectivity index (χ1n) is 8.56. The predicted molar refractivity (Wildman–Crippen MR) is 99.1 cm³/mol. The lowest BCUT2D eigenvalue weighted by atomic mass is 10.1. The Morgan fingerprint density at radius 2 is 2.08 bits per heavy atom. The SMILES string of the molecule is CCNC(=NCc1ccc(S(=O)(=O)NC)cc1)N(C)CC1CCOC1.